The number of benzene rings is 2. The quantitative estimate of drug-likeness (QED) is 0.873. The Morgan fingerprint density at radius 3 is 1.30 bits per heavy atom. The summed E-state index contributed by atoms with van der Waals surface area (Å²) in [5.74, 6) is 0. The fourth-order valence-corrected chi connectivity index (χ4v) is 2.89. The summed E-state index contributed by atoms with van der Waals surface area (Å²) in [4.78, 5) is 0. The number of hydrogen-bond acceptors (Lipinski definition) is 2. The van der Waals surface area contributed by atoms with Crippen molar-refractivity contribution < 1.29 is 0 Å². The zero-order valence-electron chi connectivity index (χ0n) is 12.2. The predicted octanol–water partition coefficient (Wildman–Crippen LogP) is 3.01. The molecule has 0 aromatic heterocycles. The van der Waals surface area contributed by atoms with Crippen molar-refractivity contribution in [3.63, 3.8) is 0 Å². The first-order valence-corrected chi connectivity index (χ1v) is 7.24. The van der Waals surface area contributed by atoms with Gasteiger partial charge >= 0.3 is 0 Å². The lowest BCUT2D eigenvalue weighted by Crippen LogP contribution is -2.63. The molecule has 20 heavy (non-hydrogen) atoms. The van der Waals surface area contributed by atoms with E-state index in [4.69, 9.17) is 0 Å². The first-order valence-electron chi connectivity index (χ1n) is 7.24. The van der Waals surface area contributed by atoms with Gasteiger partial charge in [-0.25, -0.2) is 0 Å². The molecule has 2 nitrogen and oxygen atoms in total. The van der Waals surface area contributed by atoms with Crippen molar-refractivity contribution in [2.45, 2.75) is 24.9 Å². The van der Waals surface area contributed by atoms with E-state index >= 15 is 0 Å². The molecule has 1 aliphatic heterocycles. The summed E-state index contributed by atoms with van der Waals surface area (Å²) in [6.45, 7) is 6.37. The van der Waals surface area contributed by atoms with Gasteiger partial charge in [0, 0.05) is 13.1 Å². The summed E-state index contributed by atoms with van der Waals surface area (Å²) in [5.41, 5.74) is 2.66. The van der Waals surface area contributed by atoms with Crippen molar-refractivity contribution >= 4 is 0 Å². The van der Waals surface area contributed by atoms with E-state index in [0.29, 0.717) is 0 Å². The molecule has 0 spiro atoms. The van der Waals surface area contributed by atoms with Crippen molar-refractivity contribution in [3.05, 3.63) is 71.8 Å². The fourth-order valence-electron chi connectivity index (χ4n) is 2.89. The van der Waals surface area contributed by atoms with Crippen LogP contribution in [0.1, 0.15) is 25.0 Å². The van der Waals surface area contributed by atoms with Gasteiger partial charge in [0.2, 0.25) is 0 Å². The van der Waals surface area contributed by atoms with Gasteiger partial charge in [-0.3, -0.25) is 0 Å². The molecule has 2 atom stereocenters. The highest BCUT2D eigenvalue weighted by molar-refractivity contribution is 5.29. The molecule has 2 heteroatoms. The van der Waals surface area contributed by atoms with Gasteiger partial charge in [0.1, 0.15) is 0 Å². The van der Waals surface area contributed by atoms with E-state index in [2.05, 4.69) is 85.1 Å². The van der Waals surface area contributed by atoms with Gasteiger partial charge in [-0.15, -0.1) is 0 Å². The van der Waals surface area contributed by atoms with E-state index in [1.54, 1.807) is 0 Å². The molecule has 0 radical (unpaired) electrons. The van der Waals surface area contributed by atoms with Crippen LogP contribution in [0.2, 0.25) is 0 Å². The van der Waals surface area contributed by atoms with Crippen LogP contribution >= 0.6 is 0 Å². The second kappa shape index (κ2) is 5.04. The summed E-state index contributed by atoms with van der Waals surface area (Å²) in [6, 6.07) is 21.3. The van der Waals surface area contributed by atoms with Crippen LogP contribution in [0.15, 0.2) is 60.7 Å². The van der Waals surface area contributed by atoms with Crippen LogP contribution < -0.4 is 10.6 Å². The summed E-state index contributed by atoms with van der Waals surface area (Å²) in [6.07, 6.45) is 0. The van der Waals surface area contributed by atoms with E-state index < -0.39 is 0 Å². The highest BCUT2D eigenvalue weighted by Gasteiger charge is 2.38. The molecule has 2 N–H and O–H groups in total. The van der Waals surface area contributed by atoms with Gasteiger partial charge in [0.05, 0.1) is 11.1 Å². The molecule has 1 heterocycles. The molecule has 0 aliphatic carbocycles. The van der Waals surface area contributed by atoms with Crippen LogP contribution in [0.25, 0.3) is 0 Å². The van der Waals surface area contributed by atoms with Gasteiger partial charge in [-0.2, -0.15) is 0 Å². The molecule has 2 aromatic carbocycles. The molecule has 1 fully saturated rings. The minimum absolute atomic E-state index is 0.00441. The Hall–Kier alpha value is -1.64. The monoisotopic (exact) mass is 266 g/mol. The van der Waals surface area contributed by atoms with Crippen molar-refractivity contribution in [2.24, 2.45) is 0 Å². The van der Waals surface area contributed by atoms with E-state index in [-0.39, 0.29) is 11.1 Å². The van der Waals surface area contributed by atoms with Crippen LogP contribution in [-0.2, 0) is 11.1 Å². The first kappa shape index (κ1) is 13.3. The lowest BCUT2D eigenvalue weighted by atomic mass is 9.83. The minimum atomic E-state index is -0.00441. The van der Waals surface area contributed by atoms with Crippen molar-refractivity contribution in [1.82, 2.24) is 10.6 Å². The predicted molar refractivity (Wildman–Crippen MR) is 83.6 cm³/mol. The third-order valence-electron chi connectivity index (χ3n) is 4.49. The highest BCUT2D eigenvalue weighted by Crippen LogP contribution is 2.29. The molecule has 0 amide bonds. The number of piperazine rings is 1. The molecule has 104 valence electrons. The SMILES string of the molecule is CC1(c2ccccc2)CNC(C)(c2ccccc2)CN1. The van der Waals surface area contributed by atoms with Gasteiger partial charge < -0.3 is 10.6 Å². The molecular weight excluding hydrogens is 244 g/mol. The molecule has 3 rings (SSSR count). The number of hydrogen-bond donors (Lipinski definition) is 2. The van der Waals surface area contributed by atoms with Crippen LogP contribution in [0, 0.1) is 0 Å². The lowest BCUT2D eigenvalue weighted by molar-refractivity contribution is 0.192. The third kappa shape index (κ3) is 2.37. The second-order valence-corrected chi connectivity index (χ2v) is 6.10. The van der Waals surface area contributed by atoms with Gasteiger partial charge in [-0.1, -0.05) is 60.7 Å². The van der Waals surface area contributed by atoms with Gasteiger partial charge in [0.25, 0.3) is 0 Å². The average Bonchev–Trinajstić information content (AvgIpc) is 2.52. The van der Waals surface area contributed by atoms with E-state index in [0.717, 1.165) is 13.1 Å². The Labute approximate surface area is 121 Å². The second-order valence-electron chi connectivity index (χ2n) is 6.10. The Bertz CT molecular complexity index is 501. The molecule has 2 unspecified atom stereocenters. The molecule has 0 saturated carbocycles. The highest BCUT2D eigenvalue weighted by atomic mass is 15.2. The maximum atomic E-state index is 3.74. The van der Waals surface area contributed by atoms with E-state index in [1.165, 1.54) is 11.1 Å². The zero-order valence-corrected chi connectivity index (χ0v) is 12.2. The average molecular weight is 266 g/mol. The van der Waals surface area contributed by atoms with Crippen molar-refractivity contribution in [2.75, 3.05) is 13.1 Å². The van der Waals surface area contributed by atoms with Crippen LogP contribution in [0.3, 0.4) is 0 Å². The van der Waals surface area contributed by atoms with Gasteiger partial charge in [-0.05, 0) is 25.0 Å². The smallest absolute Gasteiger partial charge is 0.0533 e. The van der Waals surface area contributed by atoms with E-state index in [1.807, 2.05) is 0 Å². The maximum Gasteiger partial charge on any atom is 0.0533 e. The molecular formula is C18H22N2. The topological polar surface area (TPSA) is 24.1 Å². The van der Waals surface area contributed by atoms with Crippen LogP contribution in [0.5, 0.6) is 0 Å². The van der Waals surface area contributed by atoms with Crippen molar-refractivity contribution in [1.29, 1.82) is 0 Å². The van der Waals surface area contributed by atoms with E-state index in [9.17, 15) is 0 Å². The molecule has 1 saturated heterocycles. The first-order chi connectivity index (χ1) is 9.62. The maximum absolute atomic E-state index is 3.74. The third-order valence-corrected chi connectivity index (χ3v) is 4.49. The standard InChI is InChI=1S/C18H22N2/c1-17(15-9-5-3-6-10-15)13-20-18(2,14-19-17)16-11-7-4-8-12-16/h3-12,19-20H,13-14H2,1-2H3. The fraction of sp³-hybridized carbons (Fsp3) is 0.333. The van der Waals surface area contributed by atoms with Crippen molar-refractivity contribution in [3.8, 4) is 0 Å². The Balaban J connectivity index is 1.80. The lowest BCUT2D eigenvalue weighted by Gasteiger charge is -2.45. The Kier molecular flexibility index (Phi) is 3.36. The summed E-state index contributed by atoms with van der Waals surface area (Å²) >= 11 is 0. The minimum Gasteiger partial charge on any atom is -0.304 e. The Morgan fingerprint density at radius 1 is 0.650 bits per heavy atom. The number of nitrogens with one attached hydrogen (secondary N) is 2. The normalized spacial score (nSPS) is 30.1. The molecule has 0 bridgehead atoms. The van der Waals surface area contributed by atoms with Crippen LogP contribution in [0.4, 0.5) is 0 Å². The summed E-state index contributed by atoms with van der Waals surface area (Å²) < 4.78 is 0. The summed E-state index contributed by atoms with van der Waals surface area (Å²) in [5, 5.41) is 7.48. The molecule has 2 aromatic rings. The zero-order chi connectivity index (χ0) is 14.1. The largest absolute Gasteiger partial charge is 0.304 e. The number of rotatable bonds is 2. The summed E-state index contributed by atoms with van der Waals surface area (Å²) in [7, 11) is 0. The molecule has 1 aliphatic rings. The van der Waals surface area contributed by atoms with Crippen LogP contribution in [-0.4, -0.2) is 13.1 Å². The Morgan fingerprint density at radius 2 is 1.00 bits per heavy atom. The van der Waals surface area contributed by atoms with Gasteiger partial charge in [0.15, 0.2) is 0 Å².